The summed E-state index contributed by atoms with van der Waals surface area (Å²) >= 11 is 0. The average Bonchev–Trinajstić information content (AvgIpc) is 0.811. The third-order valence-corrected chi connectivity index (χ3v) is 0. The van der Waals surface area contributed by atoms with E-state index in [4.69, 9.17) is 15.0 Å². The van der Waals surface area contributed by atoms with Crippen molar-refractivity contribution in [1.29, 1.82) is 0 Å². The van der Waals surface area contributed by atoms with E-state index in [1.807, 2.05) is 0 Å². The minimum absolute atomic E-state index is 0. The van der Waals surface area contributed by atoms with Crippen LogP contribution in [0.3, 0.4) is 0 Å². The van der Waals surface area contributed by atoms with Crippen LogP contribution >= 0.6 is 0 Å². The number of hydrogen-bond donors (Lipinski definition) is 1. The molecular formula is CH2F2Li2O3. The monoisotopic (exact) mass is 114 g/mol. The molecule has 0 aliphatic rings. The van der Waals surface area contributed by atoms with Gasteiger partial charge in [-0.05, 0) is 0 Å². The van der Waals surface area contributed by atoms with Gasteiger partial charge in [-0.25, -0.2) is 0 Å². The van der Waals surface area contributed by atoms with E-state index in [0.29, 0.717) is 0 Å². The second-order valence-electron chi connectivity index (χ2n) is 0.266. The van der Waals surface area contributed by atoms with Crippen LogP contribution in [0.2, 0.25) is 0 Å². The molecule has 0 fully saturated rings. The predicted octanol–water partition coefficient (Wildman–Crippen LogP) is -9.95. The molecule has 0 rings (SSSR count). The number of rotatable bonds is 0. The quantitative estimate of drug-likeness (QED) is 0.318. The van der Waals surface area contributed by atoms with Gasteiger partial charge in [-0.15, -0.1) is 0 Å². The first kappa shape index (κ1) is 40.4. The topological polar surface area (TPSA) is 60.4 Å². The van der Waals surface area contributed by atoms with Crippen molar-refractivity contribution in [3.63, 3.8) is 0 Å². The minimum atomic E-state index is -2.08. The fraction of sp³-hybridized carbons (Fsp3) is 0. The van der Waals surface area contributed by atoms with E-state index in [1.165, 1.54) is 0 Å². The maximum Gasteiger partial charge on any atom is 1.00 e. The van der Waals surface area contributed by atoms with Crippen LogP contribution < -0.4 is 47.5 Å². The molecule has 0 amide bonds. The van der Waals surface area contributed by atoms with Crippen LogP contribution in [0.1, 0.15) is 0 Å². The fourth-order valence-corrected chi connectivity index (χ4v) is 0. The van der Waals surface area contributed by atoms with E-state index < -0.39 is 6.16 Å². The normalized spacial score (nSPS) is 3.00. The molecule has 0 unspecified atom stereocenters. The summed E-state index contributed by atoms with van der Waals surface area (Å²) in [5, 5.41) is 15.3. The van der Waals surface area contributed by atoms with Crippen LogP contribution in [0, 0.1) is 0 Å². The molecule has 3 nitrogen and oxygen atoms in total. The van der Waals surface area contributed by atoms with Crippen LogP contribution in [0.4, 0.5) is 9.50 Å². The van der Waals surface area contributed by atoms with Crippen molar-refractivity contribution in [2.45, 2.75) is 0 Å². The van der Waals surface area contributed by atoms with Crippen molar-refractivity contribution >= 4 is 6.16 Å². The SMILES string of the molecule is F.O=C([O-])O.[F-].[Li+].[Li+]. The Bertz CT molecular complexity index is 38.3. The van der Waals surface area contributed by atoms with Gasteiger partial charge in [0.25, 0.3) is 0 Å². The van der Waals surface area contributed by atoms with Gasteiger partial charge >= 0.3 is 37.7 Å². The van der Waals surface area contributed by atoms with Crippen LogP contribution in [0.5, 0.6) is 0 Å². The maximum atomic E-state index is 8.44. The number of carboxylic acid groups (broad SMARTS) is 2. The van der Waals surface area contributed by atoms with E-state index in [2.05, 4.69) is 0 Å². The molecule has 1 N–H and O–H groups in total. The van der Waals surface area contributed by atoms with Crippen molar-refractivity contribution in [2.75, 3.05) is 0 Å². The van der Waals surface area contributed by atoms with Crippen molar-refractivity contribution in [1.82, 2.24) is 0 Å². The van der Waals surface area contributed by atoms with Gasteiger partial charge in [-0.3, -0.25) is 4.70 Å². The summed E-state index contributed by atoms with van der Waals surface area (Å²) in [5.41, 5.74) is 0. The number of carbonyl (C=O) groups is 1. The van der Waals surface area contributed by atoms with Gasteiger partial charge in [-0.1, -0.05) is 0 Å². The van der Waals surface area contributed by atoms with E-state index in [9.17, 15) is 0 Å². The average molecular weight is 114 g/mol. The zero-order valence-electron chi connectivity index (χ0n) is 4.55. The summed E-state index contributed by atoms with van der Waals surface area (Å²) in [4.78, 5) is 8.44. The van der Waals surface area contributed by atoms with Crippen LogP contribution in [-0.4, -0.2) is 11.3 Å². The maximum absolute atomic E-state index is 8.44. The summed E-state index contributed by atoms with van der Waals surface area (Å²) in [7, 11) is 0. The summed E-state index contributed by atoms with van der Waals surface area (Å²) in [5.74, 6) is 0. The van der Waals surface area contributed by atoms with Gasteiger partial charge in [-0.2, -0.15) is 0 Å². The summed E-state index contributed by atoms with van der Waals surface area (Å²) < 4.78 is 0. The largest absolute Gasteiger partial charge is 1.00 e. The Balaban J connectivity index is -0.00000000750. The Hall–Kier alpha value is 0.325. The standard InChI is InChI=1S/CH2O3.2FH.2Li/c2-1(3)4;;;;/h(H2,2,3,4);2*1H;;/q;;;2*+1/p-2. The third-order valence-electron chi connectivity index (χ3n) is 0. The molecule has 0 spiro atoms. The first-order valence-electron chi connectivity index (χ1n) is 0.632. The fourth-order valence-electron chi connectivity index (χ4n) is 0. The van der Waals surface area contributed by atoms with Gasteiger partial charge in [0.15, 0.2) is 0 Å². The van der Waals surface area contributed by atoms with Crippen molar-refractivity contribution in [3.8, 4) is 0 Å². The van der Waals surface area contributed by atoms with Crippen molar-refractivity contribution < 1.29 is 62.1 Å². The van der Waals surface area contributed by atoms with Gasteiger partial charge in [0, 0.05) is 0 Å². The third kappa shape index (κ3) is 1700. The van der Waals surface area contributed by atoms with Crippen LogP contribution in [-0.2, 0) is 0 Å². The Labute approximate surface area is 68.5 Å². The van der Waals surface area contributed by atoms with Gasteiger partial charge in [0.1, 0.15) is 0 Å². The summed E-state index contributed by atoms with van der Waals surface area (Å²) in [6.45, 7) is 0. The number of hydrogen-bond acceptors (Lipinski definition) is 2. The molecule has 8 heavy (non-hydrogen) atoms. The summed E-state index contributed by atoms with van der Waals surface area (Å²) in [6.07, 6.45) is -2.08. The molecule has 0 saturated heterocycles. The molecule has 0 aromatic carbocycles. The minimum Gasteiger partial charge on any atom is -1.00 e. The van der Waals surface area contributed by atoms with Gasteiger partial charge in [0.2, 0.25) is 6.16 Å². The van der Waals surface area contributed by atoms with Crippen LogP contribution in [0.25, 0.3) is 0 Å². The van der Waals surface area contributed by atoms with Gasteiger partial charge < -0.3 is 19.7 Å². The van der Waals surface area contributed by atoms with E-state index in [0.717, 1.165) is 0 Å². The second kappa shape index (κ2) is 26.5. The van der Waals surface area contributed by atoms with E-state index >= 15 is 0 Å². The molecule has 0 aliphatic heterocycles. The molecule has 0 atom stereocenters. The van der Waals surface area contributed by atoms with Gasteiger partial charge in [0.05, 0.1) is 0 Å². The molecule has 7 heteroatoms. The van der Waals surface area contributed by atoms with Crippen molar-refractivity contribution in [3.05, 3.63) is 0 Å². The van der Waals surface area contributed by atoms with Crippen molar-refractivity contribution in [2.24, 2.45) is 0 Å². The van der Waals surface area contributed by atoms with E-state index in [1.54, 1.807) is 0 Å². The molecule has 0 saturated carbocycles. The molecular weight excluding hydrogens is 112 g/mol. The Morgan fingerprint density at radius 2 is 1.38 bits per heavy atom. The Morgan fingerprint density at radius 1 is 1.38 bits per heavy atom. The molecule has 0 aliphatic carbocycles. The molecule has 0 bridgehead atoms. The number of halogens is 2. The summed E-state index contributed by atoms with van der Waals surface area (Å²) in [6, 6.07) is 0. The molecule has 0 heterocycles. The zero-order chi connectivity index (χ0) is 3.58. The first-order valence-corrected chi connectivity index (χ1v) is 0.632. The second-order valence-corrected chi connectivity index (χ2v) is 0.266. The predicted molar refractivity (Wildman–Crippen MR) is 10.5 cm³/mol. The first-order chi connectivity index (χ1) is 1.73. The Kier molecular flexibility index (Phi) is 134. The smallest absolute Gasteiger partial charge is 1.00 e. The van der Waals surface area contributed by atoms with E-state index in [-0.39, 0.29) is 47.1 Å². The molecule has 0 aromatic heterocycles. The zero-order valence-corrected chi connectivity index (χ0v) is 4.55. The molecule has 0 aromatic rings. The Morgan fingerprint density at radius 3 is 1.38 bits per heavy atom. The molecule has 0 radical (unpaired) electrons. The molecule has 40 valence electrons. The van der Waals surface area contributed by atoms with Crippen LogP contribution in [0.15, 0.2) is 0 Å².